The highest BCUT2D eigenvalue weighted by atomic mass is 19.1. The van der Waals surface area contributed by atoms with Gasteiger partial charge in [-0.2, -0.15) is 0 Å². The molecule has 6 heteroatoms. The van der Waals surface area contributed by atoms with Crippen LogP contribution in [0.3, 0.4) is 0 Å². The molecule has 3 aliphatic heterocycles. The van der Waals surface area contributed by atoms with Crippen molar-refractivity contribution in [1.29, 1.82) is 0 Å². The summed E-state index contributed by atoms with van der Waals surface area (Å²) in [5, 5.41) is 3.54. The average molecular weight is 401 g/mol. The molecule has 3 heterocycles. The molecule has 0 amide bonds. The van der Waals surface area contributed by atoms with Gasteiger partial charge in [-0.05, 0) is 80.9 Å². The van der Waals surface area contributed by atoms with Crippen molar-refractivity contribution >= 4 is 11.4 Å². The highest BCUT2D eigenvalue weighted by Gasteiger charge is 2.38. The lowest BCUT2D eigenvalue weighted by molar-refractivity contribution is 0.200. The minimum atomic E-state index is -0.526. The van der Waals surface area contributed by atoms with E-state index in [1.807, 2.05) is 0 Å². The summed E-state index contributed by atoms with van der Waals surface area (Å²) in [6.45, 7) is 4.83. The van der Waals surface area contributed by atoms with E-state index in [9.17, 15) is 13.2 Å². The largest absolute Gasteiger partial charge is 0.362 e. The molecule has 2 atom stereocenters. The third-order valence-electron chi connectivity index (χ3n) is 6.80. The summed E-state index contributed by atoms with van der Waals surface area (Å²) < 4.78 is 41.3. The smallest absolute Gasteiger partial charge is 0.129 e. The van der Waals surface area contributed by atoms with Gasteiger partial charge in [0.15, 0.2) is 0 Å². The number of anilines is 2. The molecule has 0 saturated carbocycles. The van der Waals surface area contributed by atoms with Crippen LogP contribution in [0.5, 0.6) is 0 Å². The van der Waals surface area contributed by atoms with Gasteiger partial charge >= 0.3 is 0 Å². The maximum Gasteiger partial charge on any atom is 0.129 e. The first-order valence-electron chi connectivity index (χ1n) is 10.5. The van der Waals surface area contributed by atoms with Crippen molar-refractivity contribution in [1.82, 2.24) is 4.90 Å². The molecule has 3 aliphatic rings. The Bertz CT molecular complexity index is 924. The van der Waals surface area contributed by atoms with Crippen molar-refractivity contribution in [2.45, 2.75) is 50.7 Å². The van der Waals surface area contributed by atoms with E-state index in [0.717, 1.165) is 62.6 Å². The Hall–Kier alpha value is -2.21. The lowest BCUT2D eigenvalue weighted by Gasteiger charge is -2.40. The molecule has 0 spiro atoms. The van der Waals surface area contributed by atoms with Gasteiger partial charge in [0.2, 0.25) is 0 Å². The van der Waals surface area contributed by atoms with Gasteiger partial charge < -0.3 is 10.2 Å². The zero-order chi connectivity index (χ0) is 20.1. The Morgan fingerprint density at radius 3 is 2.55 bits per heavy atom. The zero-order valence-corrected chi connectivity index (χ0v) is 16.6. The highest BCUT2D eigenvalue weighted by Crippen LogP contribution is 2.44. The number of piperidine rings is 1. The molecule has 0 aromatic heterocycles. The second-order valence-electron chi connectivity index (χ2n) is 8.66. The van der Waals surface area contributed by atoms with Gasteiger partial charge in [0.1, 0.15) is 23.6 Å². The normalized spacial score (nSPS) is 24.5. The standard InChI is InChI=1S/C23H26F3N3/c1-14-2-3-16-10-18(25)12-21-23(16)29(14)22(27-21)13-28-8-6-15(7-9-28)19-5-4-17(24)11-20(19)26/h4-5,10-12,14-15,22,27H,2-3,6-9,13H2,1H3. The van der Waals surface area contributed by atoms with Crippen LogP contribution in [-0.4, -0.2) is 36.7 Å². The lowest BCUT2D eigenvalue weighted by atomic mass is 9.89. The monoisotopic (exact) mass is 401 g/mol. The molecule has 2 unspecified atom stereocenters. The molecule has 2 aromatic rings. The number of likely N-dealkylation sites (tertiary alicyclic amines) is 1. The number of rotatable bonds is 3. The van der Waals surface area contributed by atoms with Crippen LogP contribution in [0.2, 0.25) is 0 Å². The van der Waals surface area contributed by atoms with Crippen molar-refractivity contribution in [3.8, 4) is 0 Å². The second-order valence-corrected chi connectivity index (χ2v) is 8.66. The summed E-state index contributed by atoms with van der Waals surface area (Å²) in [6.07, 6.45) is 3.79. The minimum absolute atomic E-state index is 0.125. The van der Waals surface area contributed by atoms with Crippen molar-refractivity contribution < 1.29 is 13.2 Å². The molecule has 0 bridgehead atoms. The number of nitrogens with zero attached hydrogens (tertiary/aromatic N) is 2. The van der Waals surface area contributed by atoms with Gasteiger partial charge in [0.05, 0.1) is 11.4 Å². The molecule has 1 N–H and O–H groups in total. The maximum absolute atomic E-state index is 14.1. The van der Waals surface area contributed by atoms with Gasteiger partial charge in [-0.25, -0.2) is 13.2 Å². The second kappa shape index (κ2) is 7.24. The van der Waals surface area contributed by atoms with Gasteiger partial charge in [-0.1, -0.05) is 6.07 Å². The van der Waals surface area contributed by atoms with E-state index in [1.54, 1.807) is 18.2 Å². The van der Waals surface area contributed by atoms with Crippen molar-refractivity contribution in [2.24, 2.45) is 0 Å². The molecule has 0 radical (unpaired) electrons. The Kier molecular flexibility index (Phi) is 4.69. The summed E-state index contributed by atoms with van der Waals surface area (Å²) in [4.78, 5) is 4.82. The Labute approximate surface area is 169 Å². The molecular formula is C23H26F3N3. The third kappa shape index (κ3) is 3.37. The maximum atomic E-state index is 14.1. The molecule has 3 nitrogen and oxygen atoms in total. The summed E-state index contributed by atoms with van der Waals surface area (Å²) in [6, 6.07) is 7.61. The summed E-state index contributed by atoms with van der Waals surface area (Å²) in [5.41, 5.74) is 3.79. The average Bonchev–Trinajstić information content (AvgIpc) is 3.04. The van der Waals surface area contributed by atoms with E-state index < -0.39 is 11.6 Å². The number of nitrogens with one attached hydrogen (secondary N) is 1. The van der Waals surface area contributed by atoms with Crippen LogP contribution >= 0.6 is 0 Å². The van der Waals surface area contributed by atoms with Gasteiger partial charge in [0.25, 0.3) is 0 Å². The number of halogens is 3. The molecule has 1 fully saturated rings. The molecular weight excluding hydrogens is 375 g/mol. The van der Waals surface area contributed by atoms with Gasteiger partial charge in [-0.3, -0.25) is 4.90 Å². The van der Waals surface area contributed by atoms with Gasteiger partial charge in [-0.15, -0.1) is 0 Å². The first kappa shape index (κ1) is 18.8. The zero-order valence-electron chi connectivity index (χ0n) is 16.6. The van der Waals surface area contributed by atoms with E-state index in [1.165, 1.54) is 11.8 Å². The van der Waals surface area contributed by atoms with Crippen LogP contribution in [0, 0.1) is 17.5 Å². The molecule has 154 valence electrons. The van der Waals surface area contributed by atoms with Crippen LogP contribution in [0.15, 0.2) is 30.3 Å². The number of hydrogen-bond donors (Lipinski definition) is 1. The van der Waals surface area contributed by atoms with Crippen molar-refractivity contribution in [3.05, 3.63) is 58.9 Å². The number of aryl methyl sites for hydroxylation is 1. The predicted molar refractivity (Wildman–Crippen MR) is 109 cm³/mol. The van der Waals surface area contributed by atoms with Crippen LogP contribution in [-0.2, 0) is 6.42 Å². The fraction of sp³-hybridized carbons (Fsp3) is 0.478. The van der Waals surface area contributed by atoms with E-state index in [4.69, 9.17) is 0 Å². The molecule has 29 heavy (non-hydrogen) atoms. The lowest BCUT2D eigenvalue weighted by Crippen LogP contribution is -2.51. The first-order chi connectivity index (χ1) is 14.0. The summed E-state index contributed by atoms with van der Waals surface area (Å²) in [5.74, 6) is -1.01. The van der Waals surface area contributed by atoms with Crippen LogP contribution in [0.4, 0.5) is 24.5 Å². The van der Waals surface area contributed by atoms with Crippen LogP contribution in [0.25, 0.3) is 0 Å². The van der Waals surface area contributed by atoms with E-state index in [2.05, 4.69) is 22.0 Å². The van der Waals surface area contributed by atoms with Crippen molar-refractivity contribution in [2.75, 3.05) is 29.9 Å². The third-order valence-corrected chi connectivity index (χ3v) is 6.80. The predicted octanol–water partition coefficient (Wildman–Crippen LogP) is 4.88. The Balaban J connectivity index is 1.27. The fourth-order valence-electron chi connectivity index (χ4n) is 5.33. The molecule has 1 saturated heterocycles. The highest BCUT2D eigenvalue weighted by molar-refractivity contribution is 5.80. The molecule has 2 aromatic carbocycles. The Morgan fingerprint density at radius 1 is 1.00 bits per heavy atom. The topological polar surface area (TPSA) is 18.5 Å². The fourth-order valence-corrected chi connectivity index (χ4v) is 5.33. The molecule has 0 aliphatic carbocycles. The summed E-state index contributed by atoms with van der Waals surface area (Å²) >= 11 is 0. The summed E-state index contributed by atoms with van der Waals surface area (Å²) in [7, 11) is 0. The van der Waals surface area contributed by atoms with E-state index in [-0.39, 0.29) is 17.9 Å². The SMILES string of the molecule is CC1CCc2cc(F)cc3c2N1C(CN1CCC(c2ccc(F)cc2F)CC1)N3. The van der Waals surface area contributed by atoms with Crippen LogP contribution in [0.1, 0.15) is 43.2 Å². The first-order valence-corrected chi connectivity index (χ1v) is 10.5. The van der Waals surface area contributed by atoms with Crippen LogP contribution < -0.4 is 10.2 Å². The van der Waals surface area contributed by atoms with Crippen molar-refractivity contribution in [3.63, 3.8) is 0 Å². The quantitative estimate of drug-likeness (QED) is 0.791. The number of benzene rings is 2. The van der Waals surface area contributed by atoms with E-state index in [0.29, 0.717) is 11.6 Å². The van der Waals surface area contributed by atoms with Gasteiger partial charge in [0, 0.05) is 18.7 Å². The van der Waals surface area contributed by atoms with E-state index >= 15 is 0 Å². The Morgan fingerprint density at radius 2 is 1.79 bits per heavy atom. The minimum Gasteiger partial charge on any atom is -0.362 e. The number of hydrogen-bond acceptors (Lipinski definition) is 3. The molecule has 5 rings (SSSR count).